The molecule has 2 fully saturated rings. The first-order valence-electron chi connectivity index (χ1n) is 6.04. The van der Waals surface area contributed by atoms with Gasteiger partial charge < -0.3 is 4.90 Å². The maximum absolute atomic E-state index is 5.59. The van der Waals surface area contributed by atoms with E-state index in [-0.39, 0.29) is 0 Å². The Hall–Kier alpha value is -0.0500. The molecule has 0 bridgehead atoms. The monoisotopic (exact) mass is 228 g/mol. The highest BCUT2D eigenvalue weighted by Crippen LogP contribution is 2.29. The molecule has 1 heterocycles. The molecule has 86 valence electrons. The van der Waals surface area contributed by atoms with Gasteiger partial charge in [-0.3, -0.25) is 4.90 Å². The smallest absolute Gasteiger partial charge is 0.0404 e. The Labute approximate surface area is 97.9 Å². The van der Waals surface area contributed by atoms with Crippen molar-refractivity contribution >= 4 is 11.6 Å². The number of piperazine rings is 1. The van der Waals surface area contributed by atoms with Gasteiger partial charge in [0.15, 0.2) is 0 Å². The van der Waals surface area contributed by atoms with Crippen molar-refractivity contribution in [3.05, 3.63) is 12.2 Å². The van der Waals surface area contributed by atoms with E-state index in [1.807, 2.05) is 6.08 Å². The zero-order chi connectivity index (χ0) is 10.5. The van der Waals surface area contributed by atoms with Crippen LogP contribution in [0.4, 0.5) is 0 Å². The first kappa shape index (κ1) is 11.4. The average Bonchev–Trinajstić information content (AvgIpc) is 3.05. The third kappa shape index (κ3) is 4.13. The number of hydrogen-bond acceptors (Lipinski definition) is 2. The summed E-state index contributed by atoms with van der Waals surface area (Å²) in [5.74, 6) is 1.68. The molecular weight excluding hydrogens is 208 g/mol. The molecule has 0 radical (unpaired) electrons. The summed E-state index contributed by atoms with van der Waals surface area (Å²) >= 11 is 5.59. The van der Waals surface area contributed by atoms with Gasteiger partial charge in [-0.2, -0.15) is 0 Å². The Morgan fingerprint density at radius 2 is 1.67 bits per heavy atom. The summed E-state index contributed by atoms with van der Waals surface area (Å²) < 4.78 is 0. The maximum Gasteiger partial charge on any atom is 0.0404 e. The summed E-state index contributed by atoms with van der Waals surface area (Å²) in [6.07, 6.45) is 7.17. The lowest BCUT2D eigenvalue weighted by Gasteiger charge is -2.34. The van der Waals surface area contributed by atoms with Crippen LogP contribution < -0.4 is 0 Å². The maximum atomic E-state index is 5.59. The Balaban J connectivity index is 1.60. The normalized spacial score (nSPS) is 25.1. The van der Waals surface area contributed by atoms with Crippen LogP contribution in [-0.2, 0) is 0 Å². The topological polar surface area (TPSA) is 6.48 Å². The highest BCUT2D eigenvalue weighted by Gasteiger charge is 2.25. The van der Waals surface area contributed by atoms with Crippen molar-refractivity contribution in [1.29, 1.82) is 0 Å². The fraction of sp³-hybridized carbons (Fsp3) is 0.833. The molecule has 1 aliphatic carbocycles. The lowest BCUT2D eigenvalue weighted by molar-refractivity contribution is 0.138. The van der Waals surface area contributed by atoms with Crippen LogP contribution in [-0.4, -0.2) is 54.9 Å². The quantitative estimate of drug-likeness (QED) is 0.523. The largest absolute Gasteiger partial charge is 0.301 e. The molecule has 2 rings (SSSR count). The summed E-state index contributed by atoms with van der Waals surface area (Å²) in [4.78, 5) is 5.13. The molecule has 0 N–H and O–H groups in total. The van der Waals surface area contributed by atoms with E-state index in [2.05, 4.69) is 15.9 Å². The van der Waals surface area contributed by atoms with Gasteiger partial charge in [0.2, 0.25) is 0 Å². The molecule has 1 saturated carbocycles. The lowest BCUT2D eigenvalue weighted by Crippen LogP contribution is -2.46. The number of allylic oxidation sites excluding steroid dienone is 1. The number of rotatable bonds is 5. The zero-order valence-corrected chi connectivity index (χ0v) is 10.1. The highest BCUT2D eigenvalue weighted by molar-refractivity contribution is 6.18. The predicted molar refractivity (Wildman–Crippen MR) is 65.5 cm³/mol. The molecule has 0 aromatic carbocycles. The van der Waals surface area contributed by atoms with E-state index in [1.54, 1.807) is 0 Å². The van der Waals surface area contributed by atoms with Crippen molar-refractivity contribution in [1.82, 2.24) is 9.80 Å². The van der Waals surface area contributed by atoms with E-state index >= 15 is 0 Å². The standard InChI is InChI=1S/C12H21ClN2/c13-5-1-2-6-14-7-9-15(10-8-14)11-12-3-4-12/h1-2,12H,3-11H2. The van der Waals surface area contributed by atoms with Crippen molar-refractivity contribution in [2.24, 2.45) is 5.92 Å². The summed E-state index contributed by atoms with van der Waals surface area (Å²) in [7, 11) is 0. The Morgan fingerprint density at radius 3 is 2.27 bits per heavy atom. The number of halogens is 1. The van der Waals surface area contributed by atoms with Gasteiger partial charge in [0.05, 0.1) is 0 Å². The van der Waals surface area contributed by atoms with Crippen molar-refractivity contribution in [2.75, 3.05) is 45.1 Å². The minimum absolute atomic E-state index is 0.641. The first-order chi connectivity index (χ1) is 7.38. The van der Waals surface area contributed by atoms with Gasteiger partial charge in [-0.25, -0.2) is 0 Å². The van der Waals surface area contributed by atoms with Crippen LogP contribution in [0.25, 0.3) is 0 Å². The van der Waals surface area contributed by atoms with Crippen LogP contribution in [0.5, 0.6) is 0 Å². The van der Waals surface area contributed by atoms with E-state index in [0.29, 0.717) is 5.88 Å². The SMILES string of the molecule is ClCC=CCN1CCN(CC2CC2)CC1. The molecule has 2 nitrogen and oxygen atoms in total. The molecule has 2 aliphatic rings. The van der Waals surface area contributed by atoms with Gasteiger partial charge in [0.1, 0.15) is 0 Å². The molecule has 0 unspecified atom stereocenters. The van der Waals surface area contributed by atoms with Crippen LogP contribution in [0, 0.1) is 5.92 Å². The fourth-order valence-corrected chi connectivity index (χ4v) is 2.23. The van der Waals surface area contributed by atoms with Gasteiger partial charge in [-0.05, 0) is 18.8 Å². The molecule has 15 heavy (non-hydrogen) atoms. The van der Waals surface area contributed by atoms with Crippen LogP contribution in [0.1, 0.15) is 12.8 Å². The Morgan fingerprint density at radius 1 is 1.00 bits per heavy atom. The fourth-order valence-electron chi connectivity index (χ4n) is 2.11. The zero-order valence-electron chi connectivity index (χ0n) is 9.37. The summed E-state index contributed by atoms with van der Waals surface area (Å²) in [6.45, 7) is 7.38. The van der Waals surface area contributed by atoms with Crippen molar-refractivity contribution in [3.63, 3.8) is 0 Å². The van der Waals surface area contributed by atoms with Crippen molar-refractivity contribution in [3.8, 4) is 0 Å². The molecule has 0 aromatic heterocycles. The number of hydrogen-bond donors (Lipinski definition) is 0. The highest BCUT2D eigenvalue weighted by atomic mass is 35.5. The summed E-state index contributed by atoms with van der Waals surface area (Å²) in [6, 6.07) is 0. The third-order valence-electron chi connectivity index (χ3n) is 3.30. The molecule has 1 saturated heterocycles. The number of alkyl halides is 1. The van der Waals surface area contributed by atoms with Crippen LogP contribution in [0.3, 0.4) is 0 Å². The first-order valence-corrected chi connectivity index (χ1v) is 6.57. The van der Waals surface area contributed by atoms with Gasteiger partial charge in [-0.15, -0.1) is 11.6 Å². The lowest BCUT2D eigenvalue weighted by atomic mass is 10.3. The molecule has 0 aromatic rings. The minimum atomic E-state index is 0.641. The molecule has 0 amide bonds. The van der Waals surface area contributed by atoms with E-state index < -0.39 is 0 Å². The van der Waals surface area contributed by atoms with Crippen LogP contribution in [0.2, 0.25) is 0 Å². The van der Waals surface area contributed by atoms with Gasteiger partial charge in [0.25, 0.3) is 0 Å². The predicted octanol–water partition coefficient (Wildman–Crippen LogP) is 1.81. The van der Waals surface area contributed by atoms with Crippen LogP contribution >= 0.6 is 11.6 Å². The second-order valence-corrected chi connectivity index (χ2v) is 4.98. The molecule has 3 heteroatoms. The van der Waals surface area contributed by atoms with Gasteiger partial charge in [-0.1, -0.05) is 12.2 Å². The summed E-state index contributed by atoms with van der Waals surface area (Å²) in [5, 5.41) is 0. The number of nitrogens with zero attached hydrogens (tertiary/aromatic N) is 2. The van der Waals surface area contributed by atoms with Crippen LogP contribution in [0.15, 0.2) is 12.2 Å². The van der Waals surface area contributed by atoms with Crippen molar-refractivity contribution < 1.29 is 0 Å². The molecule has 1 aliphatic heterocycles. The van der Waals surface area contributed by atoms with Gasteiger partial charge in [0, 0.05) is 45.1 Å². The Kier molecular flexibility index (Phi) is 4.48. The summed E-state index contributed by atoms with van der Waals surface area (Å²) in [5.41, 5.74) is 0. The second kappa shape index (κ2) is 5.88. The van der Waals surface area contributed by atoms with E-state index in [9.17, 15) is 0 Å². The molecule has 0 spiro atoms. The van der Waals surface area contributed by atoms with Crippen molar-refractivity contribution in [2.45, 2.75) is 12.8 Å². The molecular formula is C12H21ClN2. The average molecular weight is 229 g/mol. The minimum Gasteiger partial charge on any atom is -0.301 e. The van der Waals surface area contributed by atoms with E-state index in [4.69, 9.17) is 11.6 Å². The third-order valence-corrected chi connectivity index (χ3v) is 3.48. The van der Waals surface area contributed by atoms with Gasteiger partial charge >= 0.3 is 0 Å². The Bertz CT molecular complexity index is 206. The second-order valence-electron chi connectivity index (χ2n) is 4.67. The molecule has 0 atom stereocenters. The van der Waals surface area contributed by atoms with E-state index in [1.165, 1.54) is 45.6 Å². The van der Waals surface area contributed by atoms with E-state index in [0.717, 1.165) is 12.5 Å².